The molecule has 0 saturated carbocycles. The molecule has 6 nitrogen and oxygen atoms in total. The standard InChI is InChI=1S/C16H16FN5O/c17-11-3-4-12-13(8-11)20-16(19-12)14-2-1-6-22(14)15(23)9-21-7-5-18-10-21/h3-5,7-8,10,14H,1-2,6,9H2,(H,19,20)/t14-/m0/s1. The maximum Gasteiger partial charge on any atom is 0.243 e. The molecular formula is C16H16FN5O. The van der Waals surface area contributed by atoms with Gasteiger partial charge in [-0.25, -0.2) is 14.4 Å². The average Bonchev–Trinajstić information content (AvgIpc) is 3.26. The van der Waals surface area contributed by atoms with Crippen LogP contribution in [0.15, 0.2) is 36.9 Å². The molecule has 1 fully saturated rings. The second-order valence-corrected chi connectivity index (χ2v) is 5.76. The molecule has 1 atom stereocenters. The Hall–Kier alpha value is -2.70. The number of carbonyl (C=O) groups is 1. The summed E-state index contributed by atoms with van der Waals surface area (Å²) in [6.45, 7) is 0.981. The number of aromatic amines is 1. The van der Waals surface area contributed by atoms with Gasteiger partial charge in [0.2, 0.25) is 5.91 Å². The lowest BCUT2D eigenvalue weighted by atomic mass is 10.2. The van der Waals surface area contributed by atoms with Gasteiger partial charge in [0.15, 0.2) is 0 Å². The Morgan fingerprint density at radius 2 is 2.35 bits per heavy atom. The molecule has 1 aromatic carbocycles. The van der Waals surface area contributed by atoms with E-state index in [1.807, 2.05) is 4.90 Å². The Labute approximate surface area is 132 Å². The number of carbonyl (C=O) groups excluding carboxylic acids is 1. The number of H-pyrrole nitrogens is 1. The van der Waals surface area contributed by atoms with Gasteiger partial charge >= 0.3 is 0 Å². The van der Waals surface area contributed by atoms with Crippen LogP contribution in [0.3, 0.4) is 0 Å². The third kappa shape index (κ3) is 2.58. The highest BCUT2D eigenvalue weighted by Gasteiger charge is 2.32. The molecule has 1 saturated heterocycles. The summed E-state index contributed by atoms with van der Waals surface area (Å²) >= 11 is 0. The van der Waals surface area contributed by atoms with Gasteiger partial charge in [0.1, 0.15) is 18.2 Å². The van der Waals surface area contributed by atoms with Crippen molar-refractivity contribution in [3.05, 3.63) is 48.6 Å². The van der Waals surface area contributed by atoms with Crippen LogP contribution in [-0.4, -0.2) is 36.9 Å². The quantitative estimate of drug-likeness (QED) is 0.806. The molecule has 118 valence electrons. The first kappa shape index (κ1) is 13.9. The average molecular weight is 313 g/mol. The van der Waals surface area contributed by atoms with Crippen molar-refractivity contribution in [1.29, 1.82) is 0 Å². The number of imidazole rings is 2. The van der Waals surface area contributed by atoms with Gasteiger partial charge in [-0.3, -0.25) is 4.79 Å². The molecule has 23 heavy (non-hydrogen) atoms. The molecule has 0 radical (unpaired) electrons. The summed E-state index contributed by atoms with van der Waals surface area (Å²) in [5.74, 6) is 0.464. The molecule has 0 unspecified atom stereocenters. The minimum Gasteiger partial charge on any atom is -0.340 e. The van der Waals surface area contributed by atoms with Crippen LogP contribution in [0.25, 0.3) is 11.0 Å². The first-order valence-corrected chi connectivity index (χ1v) is 7.61. The summed E-state index contributed by atoms with van der Waals surface area (Å²) in [5.41, 5.74) is 1.38. The maximum atomic E-state index is 13.3. The SMILES string of the molecule is O=C(Cn1ccnc1)N1CCC[C@H]1c1nc2ccc(F)cc2[nH]1. The van der Waals surface area contributed by atoms with Crippen LogP contribution in [0.2, 0.25) is 0 Å². The summed E-state index contributed by atoms with van der Waals surface area (Å²) in [6.07, 6.45) is 6.85. The number of aromatic nitrogens is 4. The lowest BCUT2D eigenvalue weighted by Gasteiger charge is -2.23. The van der Waals surface area contributed by atoms with Crippen molar-refractivity contribution in [2.45, 2.75) is 25.4 Å². The van der Waals surface area contributed by atoms with Crippen LogP contribution in [-0.2, 0) is 11.3 Å². The van der Waals surface area contributed by atoms with Crippen LogP contribution in [0.5, 0.6) is 0 Å². The van der Waals surface area contributed by atoms with Gasteiger partial charge < -0.3 is 14.5 Å². The number of amides is 1. The van der Waals surface area contributed by atoms with Crippen LogP contribution >= 0.6 is 0 Å². The Morgan fingerprint density at radius 1 is 1.43 bits per heavy atom. The fourth-order valence-electron chi connectivity index (χ4n) is 3.14. The molecule has 0 bridgehead atoms. The summed E-state index contributed by atoms with van der Waals surface area (Å²) in [4.78, 5) is 26.0. The highest BCUT2D eigenvalue weighted by atomic mass is 19.1. The second kappa shape index (κ2) is 5.49. The minimum atomic E-state index is -0.299. The monoisotopic (exact) mass is 313 g/mol. The second-order valence-electron chi connectivity index (χ2n) is 5.76. The van der Waals surface area contributed by atoms with Crippen molar-refractivity contribution in [3.8, 4) is 0 Å². The molecule has 7 heteroatoms. The maximum absolute atomic E-state index is 13.3. The first-order valence-electron chi connectivity index (χ1n) is 7.61. The zero-order valence-electron chi connectivity index (χ0n) is 12.4. The van der Waals surface area contributed by atoms with E-state index < -0.39 is 0 Å². The zero-order chi connectivity index (χ0) is 15.8. The van der Waals surface area contributed by atoms with Crippen molar-refractivity contribution in [2.24, 2.45) is 0 Å². The predicted molar refractivity (Wildman–Crippen MR) is 82.0 cm³/mol. The number of benzene rings is 1. The van der Waals surface area contributed by atoms with E-state index in [0.717, 1.165) is 24.2 Å². The van der Waals surface area contributed by atoms with Gasteiger partial charge in [-0.05, 0) is 31.0 Å². The van der Waals surface area contributed by atoms with Crippen LogP contribution in [0, 0.1) is 5.82 Å². The molecule has 1 amide bonds. The van der Waals surface area contributed by atoms with E-state index in [0.29, 0.717) is 12.1 Å². The van der Waals surface area contributed by atoms with Gasteiger partial charge in [0.25, 0.3) is 0 Å². The van der Waals surface area contributed by atoms with Gasteiger partial charge in [-0.2, -0.15) is 0 Å². The molecule has 1 aliphatic heterocycles. The van der Waals surface area contributed by atoms with Crippen molar-refractivity contribution in [3.63, 3.8) is 0 Å². The van der Waals surface area contributed by atoms with Gasteiger partial charge in [0.05, 0.1) is 23.4 Å². The molecule has 0 aliphatic carbocycles. The van der Waals surface area contributed by atoms with Crippen molar-refractivity contribution in [2.75, 3.05) is 6.54 Å². The highest BCUT2D eigenvalue weighted by molar-refractivity contribution is 5.78. The molecule has 1 N–H and O–H groups in total. The Morgan fingerprint density at radius 3 is 3.17 bits per heavy atom. The van der Waals surface area contributed by atoms with Crippen molar-refractivity contribution in [1.82, 2.24) is 24.4 Å². The van der Waals surface area contributed by atoms with Gasteiger partial charge in [-0.15, -0.1) is 0 Å². The number of fused-ring (bicyclic) bond motifs is 1. The van der Waals surface area contributed by atoms with E-state index in [1.165, 1.54) is 12.1 Å². The normalized spacial score (nSPS) is 18.0. The number of rotatable bonds is 3. The molecule has 4 rings (SSSR count). The topological polar surface area (TPSA) is 66.8 Å². The molecule has 0 spiro atoms. The minimum absolute atomic E-state index is 0.0390. The Balaban J connectivity index is 1.59. The summed E-state index contributed by atoms with van der Waals surface area (Å²) in [5, 5.41) is 0. The summed E-state index contributed by atoms with van der Waals surface area (Å²) in [7, 11) is 0. The lowest BCUT2D eigenvalue weighted by Crippen LogP contribution is -2.33. The third-order valence-electron chi connectivity index (χ3n) is 4.23. The molecule has 3 heterocycles. The zero-order valence-corrected chi connectivity index (χ0v) is 12.4. The van der Waals surface area contributed by atoms with Crippen molar-refractivity contribution >= 4 is 16.9 Å². The number of likely N-dealkylation sites (tertiary alicyclic amines) is 1. The Kier molecular flexibility index (Phi) is 3.33. The van der Waals surface area contributed by atoms with E-state index in [1.54, 1.807) is 29.4 Å². The fraction of sp³-hybridized carbons (Fsp3) is 0.312. The van der Waals surface area contributed by atoms with E-state index in [2.05, 4.69) is 15.0 Å². The molecule has 3 aromatic rings. The highest BCUT2D eigenvalue weighted by Crippen LogP contribution is 2.31. The smallest absolute Gasteiger partial charge is 0.243 e. The summed E-state index contributed by atoms with van der Waals surface area (Å²) < 4.78 is 15.1. The number of nitrogens with zero attached hydrogens (tertiary/aromatic N) is 4. The van der Waals surface area contributed by atoms with Crippen LogP contribution in [0.1, 0.15) is 24.7 Å². The van der Waals surface area contributed by atoms with Crippen LogP contribution in [0.4, 0.5) is 4.39 Å². The van der Waals surface area contributed by atoms with E-state index in [4.69, 9.17) is 0 Å². The van der Waals surface area contributed by atoms with Crippen LogP contribution < -0.4 is 0 Å². The first-order chi connectivity index (χ1) is 11.2. The number of hydrogen-bond acceptors (Lipinski definition) is 3. The van der Waals surface area contributed by atoms with E-state index in [-0.39, 0.29) is 24.3 Å². The molecular weight excluding hydrogens is 297 g/mol. The third-order valence-corrected chi connectivity index (χ3v) is 4.23. The fourth-order valence-corrected chi connectivity index (χ4v) is 3.14. The lowest BCUT2D eigenvalue weighted by molar-refractivity contribution is -0.132. The van der Waals surface area contributed by atoms with Crippen molar-refractivity contribution < 1.29 is 9.18 Å². The molecule has 2 aromatic heterocycles. The largest absolute Gasteiger partial charge is 0.340 e. The molecule has 1 aliphatic rings. The number of nitrogens with one attached hydrogen (secondary N) is 1. The van der Waals surface area contributed by atoms with E-state index >= 15 is 0 Å². The number of halogens is 1. The van der Waals surface area contributed by atoms with E-state index in [9.17, 15) is 9.18 Å². The number of hydrogen-bond donors (Lipinski definition) is 1. The predicted octanol–water partition coefficient (Wildman–Crippen LogP) is 2.26. The van der Waals surface area contributed by atoms with Gasteiger partial charge in [-0.1, -0.05) is 0 Å². The summed E-state index contributed by atoms with van der Waals surface area (Å²) in [6, 6.07) is 4.39. The Bertz CT molecular complexity index is 841. The van der Waals surface area contributed by atoms with Gasteiger partial charge in [0, 0.05) is 18.9 Å².